The summed E-state index contributed by atoms with van der Waals surface area (Å²) >= 11 is -3.41. The van der Waals surface area contributed by atoms with E-state index in [1.54, 1.807) is 0 Å². The fraction of sp³-hybridized carbons (Fsp3) is 0.600. The molecule has 2 aliphatic rings. The van der Waals surface area contributed by atoms with Crippen molar-refractivity contribution in [2.45, 2.75) is 69.2 Å². The van der Waals surface area contributed by atoms with Gasteiger partial charge in [-0.3, -0.25) is 0 Å². The number of hydrogen-bond donors (Lipinski definition) is 0. The maximum atomic E-state index is 7.35. The quantitative estimate of drug-likeness (QED) is 0.424. The van der Waals surface area contributed by atoms with Crippen LogP contribution < -0.4 is 0 Å². The summed E-state index contributed by atoms with van der Waals surface area (Å²) < 4.78 is 2.67. The van der Waals surface area contributed by atoms with Gasteiger partial charge in [-0.15, -0.1) is 0 Å². The first kappa shape index (κ1) is 19.6. The monoisotopic (exact) mass is 388 g/mol. The second kappa shape index (κ2) is 5.63. The standard InChI is InChI=1S/2C10H15.2ClH.Ti/c2*1-7-6-10(4,5)9(3)8(7)2;;;/h2*1-5H3;2*1H;/q;;;;+2/p-2. The summed E-state index contributed by atoms with van der Waals surface area (Å²) in [6.07, 6.45) is 0. The fourth-order valence-electron chi connectivity index (χ4n) is 4.57. The molecule has 0 nitrogen and oxygen atoms in total. The van der Waals surface area contributed by atoms with Crippen LogP contribution >= 0.6 is 18.6 Å². The molecule has 0 aliphatic heterocycles. The topological polar surface area (TPSA) is 0 Å². The molecule has 0 fully saturated rings. The van der Waals surface area contributed by atoms with E-state index >= 15 is 0 Å². The Morgan fingerprint density at radius 3 is 1.00 bits per heavy atom. The van der Waals surface area contributed by atoms with Gasteiger partial charge in [0.2, 0.25) is 0 Å². The van der Waals surface area contributed by atoms with Crippen molar-refractivity contribution in [3.63, 3.8) is 0 Å². The van der Waals surface area contributed by atoms with Gasteiger partial charge in [0.15, 0.2) is 0 Å². The Morgan fingerprint density at radius 1 is 0.565 bits per heavy atom. The van der Waals surface area contributed by atoms with Crippen LogP contribution in [0.25, 0.3) is 0 Å². The molecule has 0 radical (unpaired) electrons. The zero-order valence-corrected chi connectivity index (χ0v) is 19.3. The van der Waals surface area contributed by atoms with Crippen LogP contribution in [0, 0.1) is 10.8 Å². The van der Waals surface area contributed by atoms with Crippen LogP contribution in [0.15, 0.2) is 41.2 Å². The average Bonchev–Trinajstić information content (AvgIpc) is 2.66. The third kappa shape index (κ3) is 2.51. The Labute approximate surface area is 153 Å². The van der Waals surface area contributed by atoms with Gasteiger partial charge in [0, 0.05) is 0 Å². The van der Waals surface area contributed by atoms with Crippen molar-refractivity contribution in [2.75, 3.05) is 0 Å². The van der Waals surface area contributed by atoms with Gasteiger partial charge in [-0.1, -0.05) is 0 Å². The molecule has 0 spiro atoms. The first-order chi connectivity index (χ1) is 10.2. The van der Waals surface area contributed by atoms with Crippen LogP contribution in [0.4, 0.5) is 0 Å². The van der Waals surface area contributed by atoms with E-state index in [1.165, 1.54) is 41.2 Å². The van der Waals surface area contributed by atoms with Crippen molar-refractivity contribution in [1.29, 1.82) is 0 Å². The van der Waals surface area contributed by atoms with Crippen LogP contribution in [0.2, 0.25) is 0 Å². The van der Waals surface area contributed by atoms with Crippen molar-refractivity contribution in [3.8, 4) is 0 Å². The van der Waals surface area contributed by atoms with Gasteiger partial charge in [-0.25, -0.2) is 0 Å². The summed E-state index contributed by atoms with van der Waals surface area (Å²) in [5.41, 5.74) is 8.16. The normalized spacial score (nSPS) is 24.5. The molecular weight excluding hydrogens is 359 g/mol. The summed E-state index contributed by atoms with van der Waals surface area (Å²) in [4.78, 5) is 0. The van der Waals surface area contributed by atoms with Crippen molar-refractivity contribution < 1.29 is 14.5 Å². The number of rotatable bonds is 2. The van der Waals surface area contributed by atoms with Gasteiger partial charge < -0.3 is 0 Å². The molecule has 0 saturated heterocycles. The third-order valence-corrected chi connectivity index (χ3v) is 15.0. The van der Waals surface area contributed by atoms with Gasteiger partial charge in [-0.2, -0.15) is 0 Å². The Balaban J connectivity index is 2.72. The Bertz CT molecular complexity index is 650. The van der Waals surface area contributed by atoms with Crippen LogP contribution in [0.3, 0.4) is 0 Å². The minimum absolute atomic E-state index is 0.0363. The van der Waals surface area contributed by atoms with E-state index in [1.807, 2.05) is 0 Å². The van der Waals surface area contributed by atoms with Gasteiger partial charge >= 0.3 is 154 Å². The second-order valence-corrected chi connectivity index (χ2v) is 17.2. The van der Waals surface area contributed by atoms with E-state index in [-0.39, 0.29) is 10.8 Å². The molecule has 0 bridgehead atoms. The predicted molar refractivity (Wildman–Crippen MR) is 101 cm³/mol. The molecule has 0 N–H and O–H groups in total. The zero-order valence-electron chi connectivity index (χ0n) is 16.3. The first-order valence-electron chi connectivity index (χ1n) is 8.38. The molecule has 0 atom stereocenters. The molecule has 0 aromatic rings. The number of hydrogen-bond acceptors (Lipinski definition) is 0. The molecule has 0 amide bonds. The van der Waals surface area contributed by atoms with Gasteiger partial charge in [0.25, 0.3) is 0 Å². The molecule has 0 saturated carbocycles. The molecule has 128 valence electrons. The Hall–Kier alpha value is 0.254. The van der Waals surface area contributed by atoms with E-state index in [0.717, 1.165) is 0 Å². The summed E-state index contributed by atoms with van der Waals surface area (Å²) in [7, 11) is 14.7. The van der Waals surface area contributed by atoms with Crippen LogP contribution in [0.5, 0.6) is 0 Å². The number of allylic oxidation sites excluding steroid dienone is 8. The molecule has 0 heterocycles. The van der Waals surface area contributed by atoms with Crippen molar-refractivity contribution in [3.05, 3.63) is 41.2 Å². The fourth-order valence-corrected chi connectivity index (χ4v) is 16.3. The Kier molecular flexibility index (Phi) is 4.79. The molecule has 0 unspecified atom stereocenters. The second-order valence-electron chi connectivity index (χ2n) is 8.32. The molecule has 0 aromatic heterocycles. The third-order valence-electron chi connectivity index (χ3n) is 6.75. The van der Waals surface area contributed by atoms with Gasteiger partial charge in [0.1, 0.15) is 0 Å². The van der Waals surface area contributed by atoms with Crippen LogP contribution in [-0.2, 0) is 14.5 Å². The summed E-state index contributed by atoms with van der Waals surface area (Å²) in [5.74, 6) is 0. The Morgan fingerprint density at radius 2 is 0.826 bits per heavy atom. The van der Waals surface area contributed by atoms with E-state index in [0.29, 0.717) is 0 Å². The van der Waals surface area contributed by atoms with E-state index in [2.05, 4.69) is 69.2 Å². The SMILES string of the molecule is CC1=C(C)C(C)(C)[C]([Ti]([Cl])([Cl])[C]2=C(C)C(C)=C(C)C2(C)C)=C1C. The van der Waals surface area contributed by atoms with E-state index < -0.39 is 14.5 Å². The van der Waals surface area contributed by atoms with Crippen molar-refractivity contribution in [1.82, 2.24) is 0 Å². The first-order valence-corrected chi connectivity index (χ1v) is 14.2. The zero-order chi connectivity index (χ0) is 18.1. The maximum absolute atomic E-state index is 7.35. The summed E-state index contributed by atoms with van der Waals surface area (Å²) in [6, 6.07) is 0. The molecule has 23 heavy (non-hydrogen) atoms. The van der Waals surface area contributed by atoms with E-state index in [9.17, 15) is 0 Å². The molecular formula is C20H30Cl2Ti. The van der Waals surface area contributed by atoms with Gasteiger partial charge in [0.05, 0.1) is 0 Å². The van der Waals surface area contributed by atoms with Gasteiger partial charge in [-0.05, 0) is 0 Å². The van der Waals surface area contributed by atoms with Crippen LogP contribution in [-0.4, -0.2) is 0 Å². The molecule has 0 aromatic carbocycles. The van der Waals surface area contributed by atoms with E-state index in [4.69, 9.17) is 18.6 Å². The summed E-state index contributed by atoms with van der Waals surface area (Å²) in [5, 5.41) is 0. The summed E-state index contributed by atoms with van der Waals surface area (Å²) in [6.45, 7) is 22.4. The van der Waals surface area contributed by atoms with Crippen LogP contribution in [0.1, 0.15) is 69.2 Å². The molecule has 2 rings (SSSR count). The molecule has 3 heteroatoms. The minimum atomic E-state index is -3.41. The average molecular weight is 389 g/mol. The van der Waals surface area contributed by atoms with Crippen molar-refractivity contribution >= 4 is 18.6 Å². The van der Waals surface area contributed by atoms with Crippen molar-refractivity contribution in [2.24, 2.45) is 10.8 Å². The molecule has 2 aliphatic carbocycles. The number of halogens is 2. The predicted octanol–water partition coefficient (Wildman–Crippen LogP) is 7.75.